The van der Waals surface area contributed by atoms with Crippen LogP contribution in [0.5, 0.6) is 0 Å². The maximum Gasteiger partial charge on any atom is 0.288 e. The van der Waals surface area contributed by atoms with E-state index in [-0.39, 0.29) is 5.91 Å². The fourth-order valence-electron chi connectivity index (χ4n) is 2.08. The Morgan fingerprint density at radius 1 is 1.14 bits per heavy atom. The molecular weight excluding hydrogens is 300 g/mol. The number of benzene rings is 1. The van der Waals surface area contributed by atoms with Gasteiger partial charge in [0.05, 0.1) is 21.2 Å². The maximum absolute atomic E-state index is 12.4. The van der Waals surface area contributed by atoms with E-state index in [2.05, 4.69) is 17.2 Å². The van der Waals surface area contributed by atoms with Crippen LogP contribution in [0, 0.1) is 13.8 Å². The number of rotatable bonds is 3. The van der Waals surface area contributed by atoms with Gasteiger partial charge in [0.15, 0.2) is 0 Å². The number of nitrogens with zero attached hydrogens (tertiary/aromatic N) is 2. The van der Waals surface area contributed by atoms with Gasteiger partial charge in [-0.15, -0.1) is 11.3 Å². The van der Waals surface area contributed by atoms with Crippen molar-refractivity contribution < 1.29 is 4.79 Å². The lowest BCUT2D eigenvalue weighted by atomic mass is 10.4. The number of thiophene rings is 1. The minimum absolute atomic E-state index is 0.0643. The molecule has 3 aromatic rings. The average Bonchev–Trinajstić information content (AvgIpc) is 3.12. The van der Waals surface area contributed by atoms with Crippen molar-refractivity contribution in [1.29, 1.82) is 0 Å². The van der Waals surface area contributed by atoms with Crippen LogP contribution in [-0.2, 0) is 0 Å². The van der Waals surface area contributed by atoms with Crippen LogP contribution < -0.4 is 0 Å². The largest absolute Gasteiger partial charge is 0.288 e. The summed E-state index contributed by atoms with van der Waals surface area (Å²) < 4.78 is 1.51. The van der Waals surface area contributed by atoms with Crippen LogP contribution in [0.25, 0.3) is 0 Å². The van der Waals surface area contributed by atoms with E-state index in [9.17, 15) is 4.79 Å². The molecular formula is C16H14N2OS2. The van der Waals surface area contributed by atoms with E-state index in [1.807, 2.05) is 49.6 Å². The van der Waals surface area contributed by atoms with E-state index in [4.69, 9.17) is 0 Å². The molecule has 0 saturated heterocycles. The van der Waals surface area contributed by atoms with Crippen molar-refractivity contribution in [2.75, 3.05) is 0 Å². The topological polar surface area (TPSA) is 34.9 Å². The highest BCUT2D eigenvalue weighted by Gasteiger charge is 2.19. The van der Waals surface area contributed by atoms with Crippen LogP contribution in [0.1, 0.15) is 21.1 Å². The molecule has 0 unspecified atom stereocenters. The van der Waals surface area contributed by atoms with Gasteiger partial charge in [-0.2, -0.15) is 9.78 Å². The van der Waals surface area contributed by atoms with Gasteiger partial charge in [0.1, 0.15) is 0 Å². The Balaban J connectivity index is 1.95. The summed E-state index contributed by atoms with van der Waals surface area (Å²) in [6.07, 6.45) is 0. The molecule has 21 heavy (non-hydrogen) atoms. The predicted molar refractivity (Wildman–Crippen MR) is 86.3 cm³/mol. The Bertz CT molecular complexity index is 761. The van der Waals surface area contributed by atoms with E-state index in [1.165, 1.54) is 16.0 Å². The van der Waals surface area contributed by atoms with Crippen molar-refractivity contribution in [3.63, 3.8) is 0 Å². The molecule has 5 heteroatoms. The molecule has 0 saturated carbocycles. The zero-order valence-electron chi connectivity index (χ0n) is 11.7. The second-order valence-corrected chi connectivity index (χ2v) is 6.64. The summed E-state index contributed by atoms with van der Waals surface area (Å²) in [4.78, 5) is 15.3. The second kappa shape index (κ2) is 5.87. The van der Waals surface area contributed by atoms with Crippen LogP contribution in [0.2, 0.25) is 0 Å². The molecule has 3 rings (SSSR count). The predicted octanol–water partition coefficient (Wildman–Crippen LogP) is 4.40. The van der Waals surface area contributed by atoms with Crippen molar-refractivity contribution in [1.82, 2.24) is 9.78 Å². The minimum Gasteiger partial charge on any atom is -0.266 e. The first kappa shape index (κ1) is 14.1. The number of carbonyl (C=O) groups is 1. The van der Waals surface area contributed by atoms with Gasteiger partial charge in [-0.3, -0.25) is 4.79 Å². The first-order valence-corrected chi connectivity index (χ1v) is 8.24. The smallest absolute Gasteiger partial charge is 0.266 e. The van der Waals surface area contributed by atoms with Gasteiger partial charge in [-0.25, -0.2) is 0 Å². The van der Waals surface area contributed by atoms with Crippen LogP contribution in [0.4, 0.5) is 0 Å². The highest BCUT2D eigenvalue weighted by atomic mass is 32.2. The first-order chi connectivity index (χ1) is 10.2. The summed E-state index contributed by atoms with van der Waals surface area (Å²) in [5.74, 6) is -0.0643. The zero-order chi connectivity index (χ0) is 14.8. The SMILES string of the molecule is Cc1nn(C(=O)c2cccs2)c(C)c1Sc1ccccc1. The van der Waals surface area contributed by atoms with Crippen LogP contribution in [0.3, 0.4) is 0 Å². The third-order valence-electron chi connectivity index (χ3n) is 3.11. The van der Waals surface area contributed by atoms with Crippen molar-refractivity contribution >= 4 is 29.0 Å². The lowest BCUT2D eigenvalue weighted by Gasteiger charge is -2.03. The maximum atomic E-state index is 12.4. The molecule has 0 amide bonds. The Hall–Kier alpha value is -1.85. The van der Waals surface area contributed by atoms with Gasteiger partial charge in [0.2, 0.25) is 0 Å². The van der Waals surface area contributed by atoms with E-state index < -0.39 is 0 Å². The molecule has 0 fully saturated rings. The van der Waals surface area contributed by atoms with Gasteiger partial charge in [-0.05, 0) is 37.4 Å². The van der Waals surface area contributed by atoms with Gasteiger partial charge in [0, 0.05) is 4.90 Å². The standard InChI is InChI=1S/C16H14N2OS2/c1-11-15(21-13-7-4-3-5-8-13)12(2)18(17-11)16(19)14-9-6-10-20-14/h3-10H,1-2H3. The monoisotopic (exact) mass is 314 g/mol. The van der Waals surface area contributed by atoms with Crippen LogP contribution >= 0.6 is 23.1 Å². The highest BCUT2D eigenvalue weighted by Crippen LogP contribution is 2.32. The molecule has 106 valence electrons. The third-order valence-corrected chi connectivity index (χ3v) is 5.27. The van der Waals surface area contributed by atoms with Gasteiger partial charge < -0.3 is 0 Å². The first-order valence-electron chi connectivity index (χ1n) is 6.54. The molecule has 0 N–H and O–H groups in total. The summed E-state index contributed by atoms with van der Waals surface area (Å²) in [5.41, 5.74) is 1.77. The van der Waals surface area contributed by atoms with Crippen molar-refractivity contribution in [2.24, 2.45) is 0 Å². The van der Waals surface area contributed by atoms with Gasteiger partial charge in [-0.1, -0.05) is 36.0 Å². The van der Waals surface area contributed by atoms with E-state index in [0.717, 1.165) is 21.2 Å². The Labute approximate surface area is 131 Å². The van der Waals surface area contributed by atoms with Crippen LogP contribution in [0.15, 0.2) is 57.6 Å². The number of carbonyl (C=O) groups excluding carboxylic acids is 1. The molecule has 3 nitrogen and oxygen atoms in total. The Morgan fingerprint density at radius 3 is 2.57 bits per heavy atom. The zero-order valence-corrected chi connectivity index (χ0v) is 13.4. The quantitative estimate of drug-likeness (QED) is 0.718. The Kier molecular flexibility index (Phi) is 3.94. The summed E-state index contributed by atoms with van der Waals surface area (Å²) in [6, 6.07) is 13.8. The summed E-state index contributed by atoms with van der Waals surface area (Å²) in [7, 11) is 0. The van der Waals surface area contributed by atoms with Gasteiger partial charge >= 0.3 is 0 Å². The van der Waals surface area contributed by atoms with Gasteiger partial charge in [0.25, 0.3) is 5.91 Å². The summed E-state index contributed by atoms with van der Waals surface area (Å²) >= 11 is 3.08. The van der Waals surface area contributed by atoms with E-state index in [0.29, 0.717) is 4.88 Å². The van der Waals surface area contributed by atoms with Crippen molar-refractivity contribution in [3.05, 3.63) is 64.1 Å². The Morgan fingerprint density at radius 2 is 1.90 bits per heavy atom. The van der Waals surface area contributed by atoms with Crippen molar-refractivity contribution in [3.8, 4) is 0 Å². The van der Waals surface area contributed by atoms with Crippen molar-refractivity contribution in [2.45, 2.75) is 23.6 Å². The second-order valence-electron chi connectivity index (χ2n) is 4.61. The molecule has 2 heterocycles. The summed E-state index contributed by atoms with van der Waals surface area (Å²) in [6.45, 7) is 3.88. The lowest BCUT2D eigenvalue weighted by molar-refractivity contribution is 0.0946. The lowest BCUT2D eigenvalue weighted by Crippen LogP contribution is -2.13. The summed E-state index contributed by atoms with van der Waals surface area (Å²) in [5, 5.41) is 6.32. The number of hydrogen-bond acceptors (Lipinski definition) is 4. The molecule has 0 atom stereocenters. The molecule has 0 aliphatic rings. The minimum atomic E-state index is -0.0643. The molecule has 0 bridgehead atoms. The molecule has 0 spiro atoms. The number of hydrogen-bond donors (Lipinski definition) is 0. The third kappa shape index (κ3) is 2.80. The normalized spacial score (nSPS) is 10.8. The van der Waals surface area contributed by atoms with E-state index in [1.54, 1.807) is 11.8 Å². The highest BCUT2D eigenvalue weighted by molar-refractivity contribution is 7.99. The fraction of sp³-hybridized carbons (Fsp3) is 0.125. The molecule has 1 aromatic carbocycles. The van der Waals surface area contributed by atoms with Crippen LogP contribution in [-0.4, -0.2) is 15.7 Å². The number of aryl methyl sites for hydroxylation is 1. The fourth-order valence-corrected chi connectivity index (χ4v) is 3.68. The number of aromatic nitrogens is 2. The molecule has 0 aliphatic carbocycles. The molecule has 2 aromatic heterocycles. The molecule has 0 aliphatic heterocycles. The van der Waals surface area contributed by atoms with E-state index >= 15 is 0 Å². The molecule has 0 radical (unpaired) electrons. The average molecular weight is 314 g/mol.